The largest absolute Gasteiger partial charge is 0.444 e. The summed E-state index contributed by atoms with van der Waals surface area (Å²) >= 11 is 5.72. The van der Waals surface area contributed by atoms with Crippen molar-refractivity contribution >= 4 is 17.7 Å². The van der Waals surface area contributed by atoms with Crippen LogP contribution < -0.4 is 0 Å². The van der Waals surface area contributed by atoms with E-state index in [0.29, 0.717) is 19.0 Å². The SMILES string of the molecule is CC(C)(C)OC(=O)N1CC(CO)(CCl)C1. The highest BCUT2D eigenvalue weighted by atomic mass is 35.5. The molecule has 88 valence electrons. The van der Waals surface area contributed by atoms with Gasteiger partial charge in [-0.1, -0.05) is 0 Å². The van der Waals surface area contributed by atoms with E-state index in [0.717, 1.165) is 0 Å². The summed E-state index contributed by atoms with van der Waals surface area (Å²) in [6.07, 6.45) is -0.336. The first-order valence-electron chi connectivity index (χ1n) is 4.97. The fourth-order valence-corrected chi connectivity index (χ4v) is 1.70. The number of alkyl halides is 1. The molecule has 15 heavy (non-hydrogen) atoms. The number of likely N-dealkylation sites (tertiary alicyclic amines) is 1. The third kappa shape index (κ3) is 2.98. The second-order valence-electron chi connectivity index (χ2n) is 5.13. The van der Waals surface area contributed by atoms with E-state index < -0.39 is 5.60 Å². The first-order chi connectivity index (χ1) is 6.82. The highest BCUT2D eigenvalue weighted by molar-refractivity contribution is 6.18. The maximum absolute atomic E-state index is 11.5. The standard InChI is InChI=1S/C10H18ClNO3/c1-9(2,3)15-8(14)12-5-10(4-11,6-12)7-13/h13H,4-7H2,1-3H3. The van der Waals surface area contributed by atoms with Crippen LogP contribution >= 0.6 is 11.6 Å². The maximum Gasteiger partial charge on any atom is 0.410 e. The topological polar surface area (TPSA) is 49.8 Å². The number of hydrogen-bond acceptors (Lipinski definition) is 3. The monoisotopic (exact) mass is 235 g/mol. The summed E-state index contributed by atoms with van der Waals surface area (Å²) in [5, 5.41) is 9.11. The second kappa shape index (κ2) is 4.18. The lowest BCUT2D eigenvalue weighted by Gasteiger charge is -2.47. The van der Waals surface area contributed by atoms with E-state index in [9.17, 15) is 4.79 Å². The van der Waals surface area contributed by atoms with Crippen molar-refractivity contribution in [2.24, 2.45) is 5.41 Å². The Morgan fingerprint density at radius 2 is 2.07 bits per heavy atom. The average molecular weight is 236 g/mol. The number of ether oxygens (including phenoxy) is 1. The molecule has 0 aromatic carbocycles. The van der Waals surface area contributed by atoms with E-state index in [1.807, 2.05) is 20.8 Å². The molecule has 1 saturated heterocycles. The molecule has 1 aliphatic heterocycles. The summed E-state index contributed by atoms with van der Waals surface area (Å²) < 4.78 is 5.19. The zero-order chi connectivity index (χ0) is 11.7. The van der Waals surface area contributed by atoms with Crippen LogP contribution in [-0.4, -0.2) is 47.3 Å². The van der Waals surface area contributed by atoms with Crippen LogP contribution in [-0.2, 0) is 4.74 Å². The number of carbonyl (C=O) groups excluding carboxylic acids is 1. The molecule has 5 heteroatoms. The van der Waals surface area contributed by atoms with Crippen LogP contribution in [0.15, 0.2) is 0 Å². The number of nitrogens with zero attached hydrogens (tertiary/aromatic N) is 1. The van der Waals surface area contributed by atoms with Crippen molar-refractivity contribution in [2.75, 3.05) is 25.6 Å². The molecular weight excluding hydrogens is 218 g/mol. The summed E-state index contributed by atoms with van der Waals surface area (Å²) in [4.78, 5) is 13.1. The molecule has 1 N–H and O–H groups in total. The number of aliphatic hydroxyl groups excluding tert-OH is 1. The number of hydrogen-bond donors (Lipinski definition) is 1. The van der Waals surface area contributed by atoms with Crippen molar-refractivity contribution in [3.63, 3.8) is 0 Å². The van der Waals surface area contributed by atoms with Gasteiger partial charge in [-0.2, -0.15) is 0 Å². The molecule has 1 fully saturated rings. The summed E-state index contributed by atoms with van der Waals surface area (Å²) in [7, 11) is 0. The van der Waals surface area contributed by atoms with Gasteiger partial charge in [0.1, 0.15) is 5.60 Å². The van der Waals surface area contributed by atoms with Gasteiger partial charge in [0.15, 0.2) is 0 Å². The van der Waals surface area contributed by atoms with Gasteiger partial charge in [-0.25, -0.2) is 4.79 Å². The Morgan fingerprint density at radius 3 is 2.40 bits per heavy atom. The van der Waals surface area contributed by atoms with Crippen LogP contribution in [0.2, 0.25) is 0 Å². The normalized spacial score (nSPS) is 19.7. The van der Waals surface area contributed by atoms with Crippen molar-refractivity contribution < 1.29 is 14.6 Å². The second-order valence-corrected chi connectivity index (χ2v) is 5.40. The molecule has 1 rings (SSSR count). The van der Waals surface area contributed by atoms with Gasteiger partial charge in [-0.3, -0.25) is 0 Å². The Balaban J connectivity index is 2.42. The maximum atomic E-state index is 11.5. The van der Waals surface area contributed by atoms with E-state index >= 15 is 0 Å². The predicted molar refractivity (Wildman–Crippen MR) is 58.0 cm³/mol. The zero-order valence-electron chi connectivity index (χ0n) is 9.42. The minimum absolute atomic E-state index is 0.00972. The first-order valence-corrected chi connectivity index (χ1v) is 5.50. The van der Waals surface area contributed by atoms with Crippen LogP contribution in [0.1, 0.15) is 20.8 Å². The molecule has 1 amide bonds. The van der Waals surface area contributed by atoms with Crippen molar-refractivity contribution in [2.45, 2.75) is 26.4 Å². The first kappa shape index (κ1) is 12.6. The van der Waals surface area contributed by atoms with E-state index in [4.69, 9.17) is 21.4 Å². The summed E-state index contributed by atoms with van der Waals surface area (Å²) in [6.45, 7) is 6.43. The Bertz CT molecular complexity index is 238. The highest BCUT2D eigenvalue weighted by Gasteiger charge is 2.45. The van der Waals surface area contributed by atoms with Crippen LogP contribution in [0.4, 0.5) is 4.79 Å². The number of halogens is 1. The molecule has 1 aliphatic rings. The van der Waals surface area contributed by atoms with Gasteiger partial charge in [0.05, 0.1) is 6.61 Å². The number of amides is 1. The fourth-order valence-electron chi connectivity index (χ4n) is 1.45. The van der Waals surface area contributed by atoms with Crippen LogP contribution in [0.25, 0.3) is 0 Å². The van der Waals surface area contributed by atoms with Crippen molar-refractivity contribution in [3.8, 4) is 0 Å². The third-order valence-electron chi connectivity index (χ3n) is 2.32. The van der Waals surface area contributed by atoms with Crippen molar-refractivity contribution in [3.05, 3.63) is 0 Å². The van der Waals surface area contributed by atoms with E-state index in [1.165, 1.54) is 0 Å². The number of rotatable bonds is 2. The fraction of sp³-hybridized carbons (Fsp3) is 0.900. The van der Waals surface area contributed by atoms with Crippen LogP contribution in [0, 0.1) is 5.41 Å². The van der Waals surface area contributed by atoms with Crippen LogP contribution in [0.3, 0.4) is 0 Å². The summed E-state index contributed by atoms with van der Waals surface area (Å²) in [5.74, 6) is 0.364. The lowest BCUT2D eigenvalue weighted by molar-refractivity contribution is -0.0452. The molecule has 0 atom stereocenters. The van der Waals surface area contributed by atoms with Gasteiger partial charge >= 0.3 is 6.09 Å². The number of aliphatic hydroxyl groups is 1. The molecular formula is C10H18ClNO3. The Labute approximate surface area is 95.2 Å². The molecule has 0 bridgehead atoms. The Morgan fingerprint density at radius 1 is 1.53 bits per heavy atom. The molecule has 0 aromatic heterocycles. The summed E-state index contributed by atoms with van der Waals surface area (Å²) in [6, 6.07) is 0. The van der Waals surface area contributed by atoms with Crippen molar-refractivity contribution in [1.29, 1.82) is 0 Å². The van der Waals surface area contributed by atoms with Crippen molar-refractivity contribution in [1.82, 2.24) is 4.90 Å². The quantitative estimate of drug-likeness (QED) is 0.738. The van der Waals surface area contributed by atoms with Gasteiger partial charge in [0.2, 0.25) is 0 Å². The van der Waals surface area contributed by atoms with E-state index in [2.05, 4.69) is 0 Å². The Kier molecular flexibility index (Phi) is 3.51. The smallest absolute Gasteiger partial charge is 0.410 e. The van der Waals surface area contributed by atoms with Gasteiger partial charge in [0.25, 0.3) is 0 Å². The van der Waals surface area contributed by atoms with E-state index in [1.54, 1.807) is 4.90 Å². The van der Waals surface area contributed by atoms with Gasteiger partial charge in [-0.15, -0.1) is 11.6 Å². The zero-order valence-corrected chi connectivity index (χ0v) is 10.2. The minimum Gasteiger partial charge on any atom is -0.444 e. The third-order valence-corrected chi connectivity index (χ3v) is 2.89. The molecule has 0 aromatic rings. The highest BCUT2D eigenvalue weighted by Crippen LogP contribution is 2.32. The number of carbonyl (C=O) groups is 1. The van der Waals surface area contributed by atoms with E-state index in [-0.39, 0.29) is 18.1 Å². The Hall–Kier alpha value is -0.480. The predicted octanol–water partition coefficient (Wildman–Crippen LogP) is 1.45. The molecule has 4 nitrogen and oxygen atoms in total. The molecule has 0 radical (unpaired) electrons. The lowest BCUT2D eigenvalue weighted by Crippen LogP contribution is -2.61. The molecule has 0 unspecified atom stereocenters. The average Bonchev–Trinajstić information content (AvgIpc) is 2.00. The molecule has 1 heterocycles. The van der Waals surface area contributed by atoms with Gasteiger partial charge in [0, 0.05) is 24.4 Å². The lowest BCUT2D eigenvalue weighted by atomic mass is 9.83. The molecule has 0 spiro atoms. The summed E-state index contributed by atoms with van der Waals surface area (Å²) in [5.41, 5.74) is -0.798. The van der Waals surface area contributed by atoms with Gasteiger partial charge in [-0.05, 0) is 20.8 Å². The molecule has 0 saturated carbocycles. The minimum atomic E-state index is -0.477. The molecule has 0 aliphatic carbocycles. The van der Waals surface area contributed by atoms with Crippen LogP contribution in [0.5, 0.6) is 0 Å². The van der Waals surface area contributed by atoms with Gasteiger partial charge < -0.3 is 14.7 Å².